The quantitative estimate of drug-likeness (QED) is 0.254. The number of hydrogen-bond donors (Lipinski definition) is 0. The molecule has 1 aliphatic rings. The number of nitrogens with zero attached hydrogens (tertiary/aromatic N) is 3. The Hall–Kier alpha value is -3.30. The molecule has 4 aromatic rings. The van der Waals surface area contributed by atoms with Crippen LogP contribution in [0.5, 0.6) is 11.5 Å². The number of rotatable bonds is 8. The van der Waals surface area contributed by atoms with Gasteiger partial charge >= 0.3 is 0 Å². The average molecular weight is 494 g/mol. The van der Waals surface area contributed by atoms with Crippen molar-refractivity contribution in [3.63, 3.8) is 0 Å². The molecule has 9 heteroatoms. The normalized spacial score (nSPS) is 15.6. The van der Waals surface area contributed by atoms with Crippen LogP contribution in [0.1, 0.15) is 24.3 Å². The first kappa shape index (κ1) is 23.4. The van der Waals surface area contributed by atoms with Gasteiger partial charge in [-0.15, -0.1) is 0 Å². The molecular formula is C26H27N3O5S. The molecule has 1 aliphatic heterocycles. The van der Waals surface area contributed by atoms with E-state index in [1.807, 2.05) is 49.4 Å². The zero-order valence-electron chi connectivity index (χ0n) is 19.9. The summed E-state index contributed by atoms with van der Waals surface area (Å²) in [5, 5.41) is 1.26. The molecule has 0 amide bonds. The van der Waals surface area contributed by atoms with Crippen LogP contribution >= 0.6 is 11.8 Å². The summed E-state index contributed by atoms with van der Waals surface area (Å²) >= 11 is 1.47. The van der Waals surface area contributed by atoms with Gasteiger partial charge in [-0.3, -0.25) is 9.36 Å². The van der Waals surface area contributed by atoms with Gasteiger partial charge in [0.25, 0.3) is 5.56 Å². The third-order valence-electron chi connectivity index (χ3n) is 6.10. The second-order valence-corrected chi connectivity index (χ2v) is 9.26. The van der Waals surface area contributed by atoms with Gasteiger partial charge in [-0.05, 0) is 44.0 Å². The Kier molecular flexibility index (Phi) is 6.79. The molecule has 5 rings (SSSR count). The van der Waals surface area contributed by atoms with Crippen LogP contribution in [0.4, 0.5) is 0 Å². The van der Waals surface area contributed by atoms with Crippen LogP contribution in [-0.4, -0.2) is 41.5 Å². The van der Waals surface area contributed by atoms with Crippen LogP contribution in [0.2, 0.25) is 0 Å². The fourth-order valence-corrected chi connectivity index (χ4v) is 5.29. The predicted molar refractivity (Wildman–Crippen MR) is 134 cm³/mol. The van der Waals surface area contributed by atoms with Crippen molar-refractivity contribution < 1.29 is 18.6 Å². The Morgan fingerprint density at radius 3 is 2.74 bits per heavy atom. The smallest absolute Gasteiger partial charge is 0.262 e. The van der Waals surface area contributed by atoms with Crippen LogP contribution in [0, 0.1) is 6.92 Å². The molecule has 0 bridgehead atoms. The standard InChI is InChI=1S/C26H27N3O5S/c1-16-21(27-24(34-16)19-10-6-12-22(31-2)23(19)32-3)15-35-26-28-20-11-5-4-9-18(20)25(30)29(26)14-17-8-7-13-33-17/h4-6,9-12,17H,7-8,13-15H2,1-3H3/t17-/m1/s1. The first-order valence-electron chi connectivity index (χ1n) is 11.5. The highest BCUT2D eigenvalue weighted by molar-refractivity contribution is 7.98. The Bertz CT molecular complexity index is 1410. The number of methoxy groups -OCH3 is 2. The molecule has 35 heavy (non-hydrogen) atoms. The van der Waals surface area contributed by atoms with Crippen LogP contribution < -0.4 is 15.0 Å². The number of para-hydroxylation sites is 2. The van der Waals surface area contributed by atoms with E-state index in [2.05, 4.69) is 0 Å². The summed E-state index contributed by atoms with van der Waals surface area (Å²) in [4.78, 5) is 22.9. The monoisotopic (exact) mass is 493 g/mol. The van der Waals surface area contributed by atoms with Gasteiger partial charge in [0.2, 0.25) is 5.89 Å². The van der Waals surface area contributed by atoms with Gasteiger partial charge in [0.05, 0.1) is 49.0 Å². The van der Waals surface area contributed by atoms with E-state index in [4.69, 9.17) is 28.6 Å². The lowest BCUT2D eigenvalue weighted by Gasteiger charge is -2.16. The highest BCUT2D eigenvalue weighted by Gasteiger charge is 2.22. The lowest BCUT2D eigenvalue weighted by atomic mass is 10.2. The number of fused-ring (bicyclic) bond motifs is 1. The van der Waals surface area contributed by atoms with Gasteiger partial charge in [0.15, 0.2) is 16.7 Å². The molecule has 0 saturated carbocycles. The van der Waals surface area contributed by atoms with E-state index < -0.39 is 0 Å². The summed E-state index contributed by atoms with van der Waals surface area (Å²) < 4.78 is 24.5. The van der Waals surface area contributed by atoms with Crippen molar-refractivity contribution in [1.29, 1.82) is 0 Å². The first-order valence-corrected chi connectivity index (χ1v) is 12.5. The molecular weight excluding hydrogens is 466 g/mol. The number of ether oxygens (including phenoxy) is 3. The molecule has 1 atom stereocenters. The Morgan fingerprint density at radius 2 is 1.97 bits per heavy atom. The van der Waals surface area contributed by atoms with Gasteiger partial charge in [-0.2, -0.15) is 0 Å². The lowest BCUT2D eigenvalue weighted by molar-refractivity contribution is 0.0937. The zero-order chi connectivity index (χ0) is 24.4. The third kappa shape index (κ3) is 4.66. The minimum absolute atomic E-state index is 0.0240. The fraction of sp³-hybridized carbons (Fsp3) is 0.346. The third-order valence-corrected chi connectivity index (χ3v) is 7.09. The first-order chi connectivity index (χ1) is 17.1. The number of thioether (sulfide) groups is 1. The van der Waals surface area contributed by atoms with Gasteiger partial charge in [-0.25, -0.2) is 9.97 Å². The van der Waals surface area contributed by atoms with Crippen LogP contribution in [0.25, 0.3) is 22.4 Å². The molecule has 2 aromatic heterocycles. The van der Waals surface area contributed by atoms with Crippen molar-refractivity contribution in [3.05, 3.63) is 64.3 Å². The predicted octanol–water partition coefficient (Wildman–Crippen LogP) is 4.85. The van der Waals surface area contributed by atoms with Crippen molar-refractivity contribution in [2.24, 2.45) is 0 Å². The lowest BCUT2D eigenvalue weighted by Crippen LogP contribution is -2.28. The maximum absolute atomic E-state index is 13.3. The largest absolute Gasteiger partial charge is 0.493 e. The van der Waals surface area contributed by atoms with Crippen molar-refractivity contribution in [1.82, 2.24) is 14.5 Å². The van der Waals surface area contributed by atoms with Crippen molar-refractivity contribution >= 4 is 22.7 Å². The van der Waals surface area contributed by atoms with E-state index in [9.17, 15) is 4.79 Å². The van der Waals surface area contributed by atoms with E-state index in [-0.39, 0.29) is 11.7 Å². The number of oxazole rings is 1. The number of benzene rings is 2. The van der Waals surface area contributed by atoms with E-state index in [1.165, 1.54) is 11.8 Å². The molecule has 1 saturated heterocycles. The van der Waals surface area contributed by atoms with Gasteiger partial charge in [0.1, 0.15) is 5.76 Å². The molecule has 0 unspecified atom stereocenters. The van der Waals surface area contributed by atoms with E-state index >= 15 is 0 Å². The summed E-state index contributed by atoms with van der Waals surface area (Å²) in [7, 11) is 3.18. The molecule has 182 valence electrons. The maximum atomic E-state index is 13.3. The Balaban J connectivity index is 1.46. The summed E-state index contributed by atoms with van der Waals surface area (Å²) in [6.45, 7) is 3.10. The second-order valence-electron chi connectivity index (χ2n) is 8.31. The van der Waals surface area contributed by atoms with Crippen molar-refractivity contribution in [2.75, 3.05) is 20.8 Å². The minimum atomic E-state index is -0.0488. The average Bonchev–Trinajstić information content (AvgIpc) is 3.53. The second kappa shape index (κ2) is 10.1. The highest BCUT2D eigenvalue weighted by Crippen LogP contribution is 2.38. The fourth-order valence-electron chi connectivity index (χ4n) is 4.28. The van der Waals surface area contributed by atoms with Gasteiger partial charge < -0.3 is 18.6 Å². The molecule has 3 heterocycles. The minimum Gasteiger partial charge on any atom is -0.493 e. The van der Waals surface area contributed by atoms with Crippen molar-refractivity contribution in [3.8, 4) is 23.0 Å². The summed E-state index contributed by atoms with van der Waals surface area (Å²) in [5.41, 5.74) is 2.13. The molecule has 2 aromatic carbocycles. The highest BCUT2D eigenvalue weighted by atomic mass is 32.2. The summed E-state index contributed by atoms with van der Waals surface area (Å²) in [5.74, 6) is 2.83. The Morgan fingerprint density at radius 1 is 1.11 bits per heavy atom. The van der Waals surface area contributed by atoms with Crippen LogP contribution in [-0.2, 0) is 17.0 Å². The van der Waals surface area contributed by atoms with Gasteiger partial charge in [0, 0.05) is 12.4 Å². The Labute approximate surface area is 207 Å². The van der Waals surface area contributed by atoms with E-state index in [0.29, 0.717) is 57.1 Å². The van der Waals surface area contributed by atoms with E-state index in [1.54, 1.807) is 18.8 Å². The number of aryl methyl sites for hydroxylation is 1. The molecule has 0 spiro atoms. The molecule has 0 N–H and O–H groups in total. The number of hydrogen-bond acceptors (Lipinski definition) is 8. The molecule has 0 radical (unpaired) electrons. The van der Waals surface area contributed by atoms with Crippen LogP contribution in [0.3, 0.4) is 0 Å². The SMILES string of the molecule is COc1cccc(-c2nc(CSc3nc4ccccc4c(=O)n3C[C@H]3CCCO3)c(C)o2)c1OC. The summed E-state index contributed by atoms with van der Waals surface area (Å²) in [6.07, 6.45) is 1.98. The van der Waals surface area contributed by atoms with Crippen LogP contribution in [0.15, 0.2) is 56.8 Å². The zero-order valence-corrected chi connectivity index (χ0v) is 20.8. The number of aromatic nitrogens is 3. The molecule has 1 fully saturated rings. The topological polar surface area (TPSA) is 88.6 Å². The van der Waals surface area contributed by atoms with E-state index in [0.717, 1.165) is 25.1 Å². The van der Waals surface area contributed by atoms with Gasteiger partial charge in [-0.1, -0.05) is 30.0 Å². The molecule has 0 aliphatic carbocycles. The summed E-state index contributed by atoms with van der Waals surface area (Å²) in [6, 6.07) is 13.0. The maximum Gasteiger partial charge on any atom is 0.262 e. The molecule has 8 nitrogen and oxygen atoms in total. The van der Waals surface area contributed by atoms with Crippen molar-refractivity contribution in [2.45, 2.75) is 43.3 Å².